The lowest BCUT2D eigenvalue weighted by atomic mass is 10.1. The number of carbonyl (C=O) groups excluding carboxylic acids is 2. The molecular weight excluding hydrogens is 512 g/mol. The number of ether oxygens (including phenoxy) is 4. The zero-order chi connectivity index (χ0) is 28.1. The monoisotopic (exact) mass is 544 g/mol. The number of pyridine rings is 1. The summed E-state index contributed by atoms with van der Waals surface area (Å²) >= 11 is 0. The maximum atomic E-state index is 13.2. The number of fused-ring (bicyclic) bond motifs is 1. The third-order valence-electron chi connectivity index (χ3n) is 6.93. The molecule has 2 N–H and O–H groups in total. The summed E-state index contributed by atoms with van der Waals surface area (Å²) in [5.74, 6) is 0.352. The van der Waals surface area contributed by atoms with Gasteiger partial charge in [-0.05, 0) is 37.1 Å². The summed E-state index contributed by atoms with van der Waals surface area (Å²) < 4.78 is 23.8. The lowest BCUT2D eigenvalue weighted by molar-refractivity contribution is 0.0580. The van der Waals surface area contributed by atoms with E-state index < -0.39 is 5.97 Å². The van der Waals surface area contributed by atoms with Crippen molar-refractivity contribution in [2.75, 3.05) is 38.6 Å². The number of esters is 1. The molecule has 0 bridgehead atoms. The van der Waals surface area contributed by atoms with Crippen molar-refractivity contribution in [1.29, 1.82) is 0 Å². The zero-order valence-corrected chi connectivity index (χ0v) is 22.7. The first-order valence-corrected chi connectivity index (χ1v) is 13.1. The van der Waals surface area contributed by atoms with Crippen molar-refractivity contribution in [3.05, 3.63) is 77.6 Å². The fourth-order valence-corrected chi connectivity index (χ4v) is 4.99. The number of anilines is 2. The quantitative estimate of drug-likeness (QED) is 0.272. The summed E-state index contributed by atoms with van der Waals surface area (Å²) in [5.41, 5.74) is 3.15. The normalized spacial score (nSPS) is 14.6. The summed E-state index contributed by atoms with van der Waals surface area (Å²) in [6, 6.07) is 16.4. The molecule has 1 aliphatic heterocycles. The molecule has 0 radical (unpaired) electrons. The van der Waals surface area contributed by atoms with E-state index >= 15 is 0 Å². The average Bonchev–Trinajstić information content (AvgIpc) is 3.62. The van der Waals surface area contributed by atoms with Gasteiger partial charge in [0.2, 0.25) is 0 Å². The van der Waals surface area contributed by atoms with Gasteiger partial charge < -0.3 is 34.1 Å². The molecule has 1 fully saturated rings. The first-order valence-electron chi connectivity index (χ1n) is 13.1. The van der Waals surface area contributed by atoms with Crippen LogP contribution in [-0.4, -0.2) is 55.5 Å². The minimum atomic E-state index is -0.574. The third kappa shape index (κ3) is 5.43. The molecule has 2 aromatic heterocycles. The number of nitrogens with one attached hydrogen (secondary N) is 2. The van der Waals surface area contributed by atoms with Crippen LogP contribution in [0.25, 0.3) is 11.0 Å². The number of nitrogens with zero attached hydrogens (tertiary/aromatic N) is 2. The predicted molar refractivity (Wildman–Crippen MR) is 151 cm³/mol. The third-order valence-corrected chi connectivity index (χ3v) is 6.93. The highest BCUT2D eigenvalue weighted by Crippen LogP contribution is 2.35. The van der Waals surface area contributed by atoms with E-state index in [0.29, 0.717) is 59.2 Å². The average molecular weight is 545 g/mol. The maximum Gasteiger partial charge on any atom is 0.356 e. The molecule has 1 aliphatic rings. The second-order valence-corrected chi connectivity index (χ2v) is 9.38. The Bertz CT molecular complexity index is 1510. The Labute approximate surface area is 232 Å². The molecule has 10 nitrogen and oxygen atoms in total. The summed E-state index contributed by atoms with van der Waals surface area (Å²) in [6.07, 6.45) is 3.44. The Hall–Kier alpha value is -4.57. The molecule has 40 heavy (non-hydrogen) atoms. The molecule has 0 spiro atoms. The molecule has 208 valence electrons. The second kappa shape index (κ2) is 12.1. The standard InChI is InChI=1S/C30H32N4O6/c1-37-24-13-7-11-20(27(24)38-2)16-31-21-15-23-25(33-29(35)19-9-5-4-6-10-19)26(30(36)39-3)34(28(23)32-17-21)18-22-12-8-14-40-22/h4-7,9-11,13,15,17,22,31H,8,12,14,16,18H2,1-3H3,(H,33,35). The summed E-state index contributed by atoms with van der Waals surface area (Å²) in [4.78, 5) is 31.1. The van der Waals surface area contributed by atoms with Crippen LogP contribution in [0.5, 0.6) is 11.5 Å². The molecule has 1 unspecified atom stereocenters. The SMILES string of the molecule is COC(=O)c1c(NC(=O)c2ccccc2)c2cc(NCc3cccc(OC)c3OC)cnc2n1CC1CCCO1. The van der Waals surface area contributed by atoms with Crippen molar-refractivity contribution in [3.63, 3.8) is 0 Å². The maximum absolute atomic E-state index is 13.2. The van der Waals surface area contributed by atoms with Crippen LogP contribution in [0.4, 0.5) is 11.4 Å². The van der Waals surface area contributed by atoms with Gasteiger partial charge >= 0.3 is 5.97 Å². The summed E-state index contributed by atoms with van der Waals surface area (Å²) in [5, 5.41) is 6.94. The van der Waals surface area contributed by atoms with Gasteiger partial charge in [0.05, 0.1) is 51.5 Å². The first kappa shape index (κ1) is 27.0. The Morgan fingerprint density at radius 1 is 1.07 bits per heavy atom. The van der Waals surface area contributed by atoms with Crippen LogP contribution < -0.4 is 20.1 Å². The van der Waals surface area contributed by atoms with Gasteiger partial charge in [-0.15, -0.1) is 0 Å². The fourth-order valence-electron chi connectivity index (χ4n) is 4.99. The van der Waals surface area contributed by atoms with E-state index in [9.17, 15) is 9.59 Å². The number of carbonyl (C=O) groups is 2. The van der Waals surface area contributed by atoms with Gasteiger partial charge in [0.25, 0.3) is 5.91 Å². The first-order chi connectivity index (χ1) is 19.5. The molecule has 4 aromatic rings. The van der Waals surface area contributed by atoms with Gasteiger partial charge in [0, 0.05) is 29.7 Å². The van der Waals surface area contributed by atoms with Crippen LogP contribution in [0, 0.1) is 0 Å². The zero-order valence-electron chi connectivity index (χ0n) is 22.7. The molecule has 3 heterocycles. The lowest BCUT2D eigenvalue weighted by Gasteiger charge is -2.15. The molecule has 0 saturated carbocycles. The molecular formula is C30H32N4O6. The smallest absolute Gasteiger partial charge is 0.356 e. The van der Waals surface area contributed by atoms with Crippen molar-refractivity contribution in [2.45, 2.75) is 32.0 Å². The number of methoxy groups -OCH3 is 3. The van der Waals surface area contributed by atoms with Crippen LogP contribution in [-0.2, 0) is 22.6 Å². The van der Waals surface area contributed by atoms with Crippen LogP contribution in [0.2, 0.25) is 0 Å². The largest absolute Gasteiger partial charge is 0.493 e. The van der Waals surface area contributed by atoms with Crippen molar-refractivity contribution < 1.29 is 28.5 Å². The van der Waals surface area contributed by atoms with Gasteiger partial charge in [-0.2, -0.15) is 0 Å². The van der Waals surface area contributed by atoms with E-state index in [1.807, 2.05) is 30.3 Å². The number of rotatable bonds is 10. The highest BCUT2D eigenvalue weighted by molar-refractivity contribution is 6.14. The minimum Gasteiger partial charge on any atom is -0.493 e. The van der Waals surface area contributed by atoms with Crippen LogP contribution in [0.15, 0.2) is 60.8 Å². The summed E-state index contributed by atoms with van der Waals surface area (Å²) in [7, 11) is 4.52. The van der Waals surface area contributed by atoms with E-state index in [-0.39, 0.29) is 17.7 Å². The van der Waals surface area contributed by atoms with Gasteiger partial charge in [0.15, 0.2) is 17.2 Å². The summed E-state index contributed by atoms with van der Waals surface area (Å²) in [6.45, 7) is 1.51. The van der Waals surface area contributed by atoms with E-state index in [1.165, 1.54) is 7.11 Å². The Balaban J connectivity index is 1.56. The van der Waals surface area contributed by atoms with E-state index in [4.69, 9.17) is 23.9 Å². The van der Waals surface area contributed by atoms with Crippen molar-refractivity contribution in [1.82, 2.24) is 9.55 Å². The molecule has 1 saturated heterocycles. The molecule has 2 aromatic carbocycles. The Morgan fingerprint density at radius 2 is 1.90 bits per heavy atom. The van der Waals surface area contributed by atoms with E-state index in [1.54, 1.807) is 49.2 Å². The topological polar surface area (TPSA) is 113 Å². The van der Waals surface area contributed by atoms with Crippen molar-refractivity contribution >= 4 is 34.3 Å². The number of para-hydroxylation sites is 1. The van der Waals surface area contributed by atoms with E-state index in [0.717, 1.165) is 18.4 Å². The number of hydrogen-bond donors (Lipinski definition) is 2. The van der Waals surface area contributed by atoms with Gasteiger partial charge in [-0.25, -0.2) is 9.78 Å². The Kier molecular flexibility index (Phi) is 8.16. The van der Waals surface area contributed by atoms with Crippen molar-refractivity contribution in [2.24, 2.45) is 0 Å². The van der Waals surface area contributed by atoms with Crippen LogP contribution in [0.1, 0.15) is 39.3 Å². The second-order valence-electron chi connectivity index (χ2n) is 9.38. The molecule has 5 rings (SSSR count). The fraction of sp³-hybridized carbons (Fsp3) is 0.300. The molecule has 0 aliphatic carbocycles. The highest BCUT2D eigenvalue weighted by atomic mass is 16.5. The molecule has 1 atom stereocenters. The van der Waals surface area contributed by atoms with Gasteiger partial charge in [-0.1, -0.05) is 30.3 Å². The Morgan fingerprint density at radius 3 is 2.60 bits per heavy atom. The number of hydrogen-bond acceptors (Lipinski definition) is 8. The van der Waals surface area contributed by atoms with Gasteiger partial charge in [-0.3, -0.25) is 4.79 Å². The van der Waals surface area contributed by atoms with Crippen LogP contribution in [0.3, 0.4) is 0 Å². The highest BCUT2D eigenvalue weighted by Gasteiger charge is 2.29. The van der Waals surface area contributed by atoms with Crippen LogP contribution >= 0.6 is 0 Å². The predicted octanol–water partition coefficient (Wildman–Crippen LogP) is 4.88. The number of aromatic nitrogens is 2. The number of benzene rings is 2. The van der Waals surface area contributed by atoms with Gasteiger partial charge in [0.1, 0.15) is 5.65 Å². The minimum absolute atomic E-state index is 0.0724. The molecule has 10 heteroatoms. The van der Waals surface area contributed by atoms with Crippen molar-refractivity contribution in [3.8, 4) is 11.5 Å². The van der Waals surface area contributed by atoms with E-state index in [2.05, 4.69) is 10.6 Å². The lowest BCUT2D eigenvalue weighted by Crippen LogP contribution is -2.21. The molecule has 1 amide bonds. The number of amides is 1.